The van der Waals surface area contributed by atoms with Crippen molar-refractivity contribution in [2.24, 2.45) is 5.73 Å². The van der Waals surface area contributed by atoms with Gasteiger partial charge >= 0.3 is 0 Å². The van der Waals surface area contributed by atoms with E-state index in [0.717, 1.165) is 5.01 Å². The van der Waals surface area contributed by atoms with Crippen LogP contribution in [-0.2, 0) is 10.3 Å². The van der Waals surface area contributed by atoms with Crippen molar-refractivity contribution < 1.29 is 9.26 Å². The Balaban J connectivity index is 2.25. The lowest BCUT2D eigenvalue weighted by atomic mass is 10.1. The van der Waals surface area contributed by atoms with Gasteiger partial charge in [0.2, 0.25) is 5.82 Å². The third-order valence-corrected chi connectivity index (χ3v) is 3.65. The van der Waals surface area contributed by atoms with Gasteiger partial charge in [0.15, 0.2) is 0 Å². The summed E-state index contributed by atoms with van der Waals surface area (Å²) >= 11 is 1.48. The maximum absolute atomic E-state index is 5.78. The molecule has 0 spiro atoms. The molecule has 0 saturated heterocycles. The summed E-state index contributed by atoms with van der Waals surface area (Å²) in [7, 11) is 0. The molecular weight excluding hydrogens is 264 g/mol. The smallest absolute Gasteiger partial charge is 0.277 e. The molecule has 1 atom stereocenters. The highest BCUT2D eigenvalue weighted by molar-refractivity contribution is 7.10. The second kappa shape index (κ2) is 5.36. The first kappa shape index (κ1) is 14.1. The van der Waals surface area contributed by atoms with Gasteiger partial charge in [-0.2, -0.15) is 4.98 Å². The third-order valence-electron chi connectivity index (χ3n) is 2.60. The number of hydrogen-bond donors (Lipinski definition) is 1. The Morgan fingerprint density at radius 1 is 1.47 bits per heavy atom. The first-order valence-corrected chi connectivity index (χ1v) is 7.01. The van der Waals surface area contributed by atoms with Crippen LogP contribution in [-0.4, -0.2) is 21.7 Å². The summed E-state index contributed by atoms with van der Waals surface area (Å²) in [5.74, 6) is 0.908. The standard InChI is InChI=1S/C12H18N4O2S/c1-5-17-12(3,4)11-15-9(18-16-11)8-6-19-10(14-8)7(2)13/h6-7H,5,13H2,1-4H3. The number of rotatable bonds is 5. The molecule has 0 aliphatic rings. The van der Waals surface area contributed by atoms with Crippen molar-refractivity contribution in [1.29, 1.82) is 0 Å². The van der Waals surface area contributed by atoms with Gasteiger partial charge in [-0.3, -0.25) is 0 Å². The van der Waals surface area contributed by atoms with Crippen LogP contribution in [0.3, 0.4) is 0 Å². The SMILES string of the molecule is CCOC(C)(C)c1noc(-c2csc(C(C)N)n2)n1. The highest BCUT2D eigenvalue weighted by Gasteiger charge is 2.28. The fraction of sp³-hybridized carbons (Fsp3) is 0.583. The quantitative estimate of drug-likeness (QED) is 0.906. The summed E-state index contributed by atoms with van der Waals surface area (Å²) < 4.78 is 10.8. The Hall–Kier alpha value is -1.31. The van der Waals surface area contributed by atoms with E-state index in [2.05, 4.69) is 15.1 Å². The molecule has 0 aliphatic carbocycles. The molecule has 2 aromatic rings. The molecule has 2 aromatic heterocycles. The van der Waals surface area contributed by atoms with Crippen LogP contribution in [0, 0.1) is 0 Å². The highest BCUT2D eigenvalue weighted by atomic mass is 32.1. The zero-order valence-electron chi connectivity index (χ0n) is 11.5. The predicted molar refractivity (Wildman–Crippen MR) is 72.7 cm³/mol. The van der Waals surface area contributed by atoms with Gasteiger partial charge in [-0.15, -0.1) is 11.3 Å². The lowest BCUT2D eigenvalue weighted by Gasteiger charge is -2.19. The molecule has 2 N–H and O–H groups in total. The number of hydrogen-bond acceptors (Lipinski definition) is 7. The van der Waals surface area contributed by atoms with Crippen LogP contribution in [0.5, 0.6) is 0 Å². The molecule has 0 fully saturated rings. The van der Waals surface area contributed by atoms with E-state index in [1.807, 2.05) is 33.1 Å². The maximum atomic E-state index is 5.78. The lowest BCUT2D eigenvalue weighted by molar-refractivity contribution is -0.0221. The molecule has 0 amide bonds. The van der Waals surface area contributed by atoms with Crippen LogP contribution in [0.25, 0.3) is 11.6 Å². The second-order valence-electron chi connectivity index (χ2n) is 4.73. The minimum Gasteiger partial charge on any atom is -0.368 e. The van der Waals surface area contributed by atoms with E-state index >= 15 is 0 Å². The van der Waals surface area contributed by atoms with Crippen molar-refractivity contribution in [2.75, 3.05) is 6.61 Å². The number of nitrogens with two attached hydrogens (primary N) is 1. The lowest BCUT2D eigenvalue weighted by Crippen LogP contribution is -2.23. The van der Waals surface area contributed by atoms with E-state index in [4.69, 9.17) is 15.0 Å². The average molecular weight is 282 g/mol. The fourth-order valence-electron chi connectivity index (χ4n) is 1.59. The van der Waals surface area contributed by atoms with E-state index in [-0.39, 0.29) is 6.04 Å². The van der Waals surface area contributed by atoms with Crippen molar-refractivity contribution in [3.8, 4) is 11.6 Å². The summed E-state index contributed by atoms with van der Waals surface area (Å²) in [6.07, 6.45) is 0. The van der Waals surface area contributed by atoms with Crippen molar-refractivity contribution in [2.45, 2.75) is 39.3 Å². The molecule has 0 bridgehead atoms. The summed E-state index contributed by atoms with van der Waals surface area (Å²) in [6.45, 7) is 8.21. The molecule has 6 nitrogen and oxygen atoms in total. The van der Waals surface area contributed by atoms with Gasteiger partial charge < -0.3 is 15.0 Å². The Kier molecular flexibility index (Phi) is 3.98. The van der Waals surface area contributed by atoms with E-state index in [1.54, 1.807) is 0 Å². The van der Waals surface area contributed by atoms with Crippen LogP contribution >= 0.6 is 11.3 Å². The van der Waals surface area contributed by atoms with E-state index in [9.17, 15) is 0 Å². The van der Waals surface area contributed by atoms with Gasteiger partial charge in [0.05, 0.1) is 6.04 Å². The van der Waals surface area contributed by atoms with Gasteiger partial charge in [0.25, 0.3) is 5.89 Å². The zero-order chi connectivity index (χ0) is 14.0. The average Bonchev–Trinajstić information content (AvgIpc) is 2.98. The Bertz CT molecular complexity index is 547. The number of ether oxygens (including phenoxy) is 1. The second-order valence-corrected chi connectivity index (χ2v) is 5.62. The van der Waals surface area contributed by atoms with Gasteiger partial charge in [-0.1, -0.05) is 5.16 Å². The number of nitrogens with zero attached hydrogens (tertiary/aromatic N) is 3. The van der Waals surface area contributed by atoms with Crippen LogP contribution in [0.15, 0.2) is 9.90 Å². The van der Waals surface area contributed by atoms with E-state index < -0.39 is 5.60 Å². The molecule has 0 radical (unpaired) electrons. The van der Waals surface area contributed by atoms with Crippen molar-refractivity contribution in [3.05, 3.63) is 16.2 Å². The van der Waals surface area contributed by atoms with Gasteiger partial charge in [0.1, 0.15) is 16.3 Å². The molecule has 19 heavy (non-hydrogen) atoms. The maximum Gasteiger partial charge on any atom is 0.277 e. The van der Waals surface area contributed by atoms with Crippen LogP contribution in [0.2, 0.25) is 0 Å². The summed E-state index contributed by atoms with van der Waals surface area (Å²) in [6, 6.07) is -0.0963. The van der Waals surface area contributed by atoms with E-state index in [1.165, 1.54) is 11.3 Å². The van der Waals surface area contributed by atoms with Gasteiger partial charge in [-0.25, -0.2) is 4.98 Å². The van der Waals surface area contributed by atoms with Gasteiger partial charge in [-0.05, 0) is 27.7 Å². The van der Waals surface area contributed by atoms with Crippen molar-refractivity contribution >= 4 is 11.3 Å². The van der Waals surface area contributed by atoms with Crippen molar-refractivity contribution in [1.82, 2.24) is 15.1 Å². The molecule has 0 aliphatic heterocycles. The molecule has 2 rings (SSSR count). The summed E-state index contributed by atoms with van der Waals surface area (Å²) in [5, 5.41) is 6.67. The summed E-state index contributed by atoms with van der Waals surface area (Å²) in [4.78, 5) is 8.72. The van der Waals surface area contributed by atoms with Crippen LogP contribution in [0.1, 0.15) is 44.6 Å². The first-order chi connectivity index (χ1) is 8.94. The van der Waals surface area contributed by atoms with E-state index in [0.29, 0.717) is 24.0 Å². The fourth-order valence-corrected chi connectivity index (χ4v) is 2.34. The van der Waals surface area contributed by atoms with Crippen LogP contribution < -0.4 is 5.73 Å². The van der Waals surface area contributed by atoms with Gasteiger partial charge in [0, 0.05) is 12.0 Å². The summed E-state index contributed by atoms with van der Waals surface area (Å²) in [5.41, 5.74) is 5.86. The molecule has 0 saturated carbocycles. The first-order valence-electron chi connectivity index (χ1n) is 6.13. The molecular formula is C12H18N4O2S. The Morgan fingerprint density at radius 2 is 2.21 bits per heavy atom. The van der Waals surface area contributed by atoms with Crippen LogP contribution in [0.4, 0.5) is 0 Å². The minimum atomic E-state index is -0.573. The topological polar surface area (TPSA) is 87.1 Å². The zero-order valence-corrected chi connectivity index (χ0v) is 12.3. The third kappa shape index (κ3) is 2.99. The number of thiazole rings is 1. The monoisotopic (exact) mass is 282 g/mol. The predicted octanol–water partition coefficient (Wildman–Crippen LogP) is 2.48. The minimum absolute atomic E-state index is 0.0963. The Morgan fingerprint density at radius 3 is 2.79 bits per heavy atom. The number of aromatic nitrogens is 3. The van der Waals surface area contributed by atoms with Crippen molar-refractivity contribution in [3.63, 3.8) is 0 Å². The molecule has 104 valence electrons. The molecule has 0 aromatic carbocycles. The highest BCUT2D eigenvalue weighted by Crippen LogP contribution is 2.27. The Labute approximate surface area is 116 Å². The largest absolute Gasteiger partial charge is 0.368 e. The molecule has 7 heteroatoms. The molecule has 2 heterocycles. The molecule has 1 unspecified atom stereocenters. The normalized spacial score (nSPS) is 13.7.